The second kappa shape index (κ2) is 4.28. The van der Waals surface area contributed by atoms with Gasteiger partial charge in [-0.1, -0.05) is 29.8 Å². The molecule has 1 fully saturated rings. The van der Waals surface area contributed by atoms with E-state index in [0.717, 1.165) is 17.9 Å². The van der Waals surface area contributed by atoms with Gasteiger partial charge in [0.15, 0.2) is 0 Å². The van der Waals surface area contributed by atoms with E-state index in [2.05, 4.69) is 29.8 Å². The summed E-state index contributed by atoms with van der Waals surface area (Å²) in [5.41, 5.74) is 0.208. The number of rotatable bonds is 3. The molecule has 16 heavy (non-hydrogen) atoms. The Balaban J connectivity index is 2.00. The van der Waals surface area contributed by atoms with Gasteiger partial charge in [-0.25, -0.2) is 0 Å². The zero-order valence-electron chi connectivity index (χ0n) is 9.87. The first-order valence-corrected chi connectivity index (χ1v) is 6.40. The highest BCUT2D eigenvalue weighted by Gasteiger charge is 2.48. The van der Waals surface area contributed by atoms with Gasteiger partial charge in [0.1, 0.15) is 17.6 Å². The van der Waals surface area contributed by atoms with Crippen LogP contribution in [0.1, 0.15) is 20.3 Å². The van der Waals surface area contributed by atoms with Gasteiger partial charge in [-0.15, -0.1) is 0 Å². The topological polar surface area (TPSA) is 18.5 Å². The van der Waals surface area contributed by atoms with Crippen LogP contribution in [0.3, 0.4) is 0 Å². The first-order chi connectivity index (χ1) is 7.54. The Morgan fingerprint density at radius 3 is 2.19 bits per heavy atom. The lowest BCUT2D eigenvalue weighted by Crippen LogP contribution is -2.53. The van der Waals surface area contributed by atoms with Gasteiger partial charge >= 0.3 is 0 Å². The smallest absolute Gasteiger partial charge is 0.120 e. The maximum absolute atomic E-state index is 5.95. The summed E-state index contributed by atoms with van der Waals surface area (Å²) in [5, 5.41) is 0. The maximum atomic E-state index is 5.95. The van der Waals surface area contributed by atoms with E-state index in [1.807, 2.05) is 24.3 Å². The van der Waals surface area contributed by atoms with Crippen LogP contribution >= 0.6 is 15.9 Å². The Hall–Kier alpha value is -0.700. The van der Waals surface area contributed by atoms with Gasteiger partial charge in [0.2, 0.25) is 0 Å². The molecule has 2 nitrogen and oxygen atoms in total. The van der Waals surface area contributed by atoms with Crippen LogP contribution in [0.25, 0.3) is 0 Å². The lowest BCUT2D eigenvalue weighted by atomic mass is 9.69. The van der Waals surface area contributed by atoms with Crippen LogP contribution < -0.4 is 9.47 Å². The van der Waals surface area contributed by atoms with Crippen molar-refractivity contribution in [1.82, 2.24) is 0 Å². The maximum Gasteiger partial charge on any atom is 0.120 e. The molecule has 3 heteroatoms. The van der Waals surface area contributed by atoms with Crippen LogP contribution in [0, 0.1) is 5.41 Å². The van der Waals surface area contributed by atoms with E-state index in [-0.39, 0.29) is 5.41 Å². The zero-order chi connectivity index (χ0) is 11.8. The third-order valence-corrected chi connectivity index (χ3v) is 4.95. The first kappa shape index (κ1) is 11.8. The van der Waals surface area contributed by atoms with E-state index < -0.39 is 0 Å². The molecule has 1 aliphatic carbocycles. The number of hydrogen-bond donors (Lipinski definition) is 0. The monoisotopic (exact) mass is 284 g/mol. The second-order valence-corrected chi connectivity index (χ2v) is 5.91. The van der Waals surface area contributed by atoms with Crippen molar-refractivity contribution in [3.8, 4) is 11.5 Å². The summed E-state index contributed by atoms with van der Waals surface area (Å²) >= 11 is 3.66. The van der Waals surface area contributed by atoms with Crippen molar-refractivity contribution >= 4 is 15.9 Å². The summed E-state index contributed by atoms with van der Waals surface area (Å²) in [6.45, 7) is 4.45. The Bertz CT molecular complexity index is 359. The normalized spacial score (nSPS) is 27.0. The summed E-state index contributed by atoms with van der Waals surface area (Å²) in [7, 11) is 1.67. The van der Waals surface area contributed by atoms with Gasteiger partial charge in [-0.3, -0.25) is 0 Å². The minimum absolute atomic E-state index is 0.208. The van der Waals surface area contributed by atoms with E-state index in [0.29, 0.717) is 10.9 Å². The van der Waals surface area contributed by atoms with Gasteiger partial charge in [0.25, 0.3) is 0 Å². The van der Waals surface area contributed by atoms with Crippen molar-refractivity contribution in [1.29, 1.82) is 0 Å². The highest BCUT2D eigenvalue weighted by molar-refractivity contribution is 9.09. The summed E-state index contributed by atoms with van der Waals surface area (Å²) in [6.07, 6.45) is 1.37. The Kier molecular flexibility index (Phi) is 3.15. The molecule has 0 bridgehead atoms. The molecule has 0 radical (unpaired) electrons. The quantitative estimate of drug-likeness (QED) is 0.789. The number of benzene rings is 1. The Labute approximate surface area is 105 Å². The van der Waals surface area contributed by atoms with Crippen LogP contribution in [0.2, 0.25) is 0 Å². The summed E-state index contributed by atoms with van der Waals surface area (Å²) in [4.78, 5) is 0.559. The SMILES string of the molecule is COc1ccc(OC2CC(Br)C2(C)C)cc1. The van der Waals surface area contributed by atoms with Crippen molar-refractivity contribution in [3.63, 3.8) is 0 Å². The third kappa shape index (κ3) is 2.05. The number of alkyl halides is 1. The van der Waals surface area contributed by atoms with Gasteiger partial charge in [-0.2, -0.15) is 0 Å². The van der Waals surface area contributed by atoms with Crippen LogP contribution in [0.5, 0.6) is 11.5 Å². The van der Waals surface area contributed by atoms with Crippen LogP contribution in [0.15, 0.2) is 24.3 Å². The number of halogens is 1. The van der Waals surface area contributed by atoms with Gasteiger partial charge in [0, 0.05) is 10.2 Å². The summed E-state index contributed by atoms with van der Waals surface area (Å²) in [6, 6.07) is 7.76. The largest absolute Gasteiger partial charge is 0.497 e. The molecule has 0 saturated heterocycles. The molecule has 1 aromatic rings. The summed E-state index contributed by atoms with van der Waals surface area (Å²) < 4.78 is 11.1. The average molecular weight is 285 g/mol. The average Bonchev–Trinajstić information content (AvgIpc) is 2.29. The van der Waals surface area contributed by atoms with Gasteiger partial charge in [0.05, 0.1) is 7.11 Å². The molecule has 1 aromatic carbocycles. The van der Waals surface area contributed by atoms with Crippen LogP contribution in [-0.2, 0) is 0 Å². The van der Waals surface area contributed by atoms with E-state index in [4.69, 9.17) is 9.47 Å². The van der Waals surface area contributed by atoms with Crippen molar-refractivity contribution in [2.24, 2.45) is 5.41 Å². The molecule has 2 unspecified atom stereocenters. The molecule has 0 amide bonds. The molecule has 2 rings (SSSR count). The molecule has 0 heterocycles. The van der Waals surface area contributed by atoms with E-state index >= 15 is 0 Å². The molecular weight excluding hydrogens is 268 g/mol. The fourth-order valence-corrected chi connectivity index (χ4v) is 2.49. The predicted octanol–water partition coefficient (Wildman–Crippen LogP) is 3.64. The first-order valence-electron chi connectivity index (χ1n) is 5.49. The molecule has 0 spiro atoms. The Morgan fingerprint density at radius 2 is 1.75 bits per heavy atom. The molecule has 0 N–H and O–H groups in total. The number of methoxy groups -OCH3 is 1. The minimum atomic E-state index is 0.208. The lowest BCUT2D eigenvalue weighted by molar-refractivity contribution is -0.00781. The van der Waals surface area contributed by atoms with Crippen LogP contribution in [0.4, 0.5) is 0 Å². The highest BCUT2D eigenvalue weighted by atomic mass is 79.9. The molecule has 88 valence electrons. The molecule has 1 aliphatic rings. The molecule has 0 aromatic heterocycles. The molecule has 0 aliphatic heterocycles. The molecule has 2 atom stereocenters. The minimum Gasteiger partial charge on any atom is -0.497 e. The van der Waals surface area contributed by atoms with Crippen molar-refractivity contribution in [2.75, 3.05) is 7.11 Å². The third-order valence-electron chi connectivity index (χ3n) is 3.40. The standard InChI is InChI=1S/C13H17BrO2/c1-13(2)11(14)8-12(13)16-10-6-4-9(15-3)5-7-10/h4-7,11-12H,8H2,1-3H3. The number of ether oxygens (including phenoxy) is 2. The predicted molar refractivity (Wildman–Crippen MR) is 68.5 cm³/mol. The molecular formula is C13H17BrO2. The van der Waals surface area contributed by atoms with E-state index in [9.17, 15) is 0 Å². The fraction of sp³-hybridized carbons (Fsp3) is 0.538. The highest BCUT2D eigenvalue weighted by Crippen LogP contribution is 2.47. The molecule has 1 saturated carbocycles. The second-order valence-electron chi connectivity index (χ2n) is 4.81. The van der Waals surface area contributed by atoms with Crippen molar-refractivity contribution in [3.05, 3.63) is 24.3 Å². The van der Waals surface area contributed by atoms with E-state index in [1.165, 1.54) is 0 Å². The van der Waals surface area contributed by atoms with Crippen molar-refractivity contribution in [2.45, 2.75) is 31.2 Å². The zero-order valence-corrected chi connectivity index (χ0v) is 11.5. The van der Waals surface area contributed by atoms with Gasteiger partial charge < -0.3 is 9.47 Å². The number of hydrogen-bond acceptors (Lipinski definition) is 2. The fourth-order valence-electron chi connectivity index (χ4n) is 1.86. The van der Waals surface area contributed by atoms with E-state index in [1.54, 1.807) is 7.11 Å². The van der Waals surface area contributed by atoms with Crippen molar-refractivity contribution < 1.29 is 9.47 Å². The Morgan fingerprint density at radius 1 is 1.19 bits per heavy atom. The van der Waals surface area contributed by atoms with Gasteiger partial charge in [-0.05, 0) is 30.7 Å². The lowest BCUT2D eigenvalue weighted by Gasteiger charge is -2.48. The van der Waals surface area contributed by atoms with Crippen LogP contribution in [-0.4, -0.2) is 18.0 Å². The summed E-state index contributed by atoms with van der Waals surface area (Å²) in [5.74, 6) is 1.77.